The zero-order valence-electron chi connectivity index (χ0n) is 12.4. The third-order valence-corrected chi connectivity index (χ3v) is 4.92. The van der Waals surface area contributed by atoms with Crippen molar-refractivity contribution < 1.29 is 4.79 Å². The first-order valence-electron chi connectivity index (χ1n) is 6.90. The molecule has 0 atom stereocenters. The average molecular weight is 332 g/mol. The monoisotopic (exact) mass is 332 g/mol. The number of hydrogen-bond acceptors (Lipinski definition) is 5. The van der Waals surface area contributed by atoms with Crippen molar-refractivity contribution in [2.24, 2.45) is 7.05 Å². The molecular formula is C15H16N4OS2. The molecule has 3 aromatic rings. The number of aromatic nitrogens is 3. The minimum atomic E-state index is -0.0212. The summed E-state index contributed by atoms with van der Waals surface area (Å²) in [7, 11) is 1.87. The van der Waals surface area contributed by atoms with E-state index in [1.807, 2.05) is 18.6 Å². The van der Waals surface area contributed by atoms with Crippen molar-refractivity contribution in [1.82, 2.24) is 14.8 Å². The first-order valence-corrected chi connectivity index (χ1v) is 8.59. The van der Waals surface area contributed by atoms with E-state index in [0.717, 1.165) is 16.1 Å². The Balaban J connectivity index is 1.56. The summed E-state index contributed by atoms with van der Waals surface area (Å²) < 4.78 is 1.74. The molecule has 0 aliphatic rings. The number of carbonyl (C=O) groups is 1. The number of nitrogens with zero attached hydrogens (tertiary/aromatic N) is 3. The molecule has 0 saturated heterocycles. The van der Waals surface area contributed by atoms with Crippen LogP contribution < -0.4 is 5.32 Å². The van der Waals surface area contributed by atoms with E-state index in [1.54, 1.807) is 22.2 Å². The highest BCUT2D eigenvalue weighted by atomic mass is 32.1. The lowest BCUT2D eigenvalue weighted by molar-refractivity contribution is -0.116. The number of rotatable bonds is 5. The smallest absolute Gasteiger partial charge is 0.226 e. The Bertz CT molecular complexity index is 787. The van der Waals surface area contributed by atoms with Gasteiger partial charge in [-0.3, -0.25) is 9.48 Å². The largest absolute Gasteiger partial charge is 0.302 e. The molecule has 0 radical (unpaired) electrons. The van der Waals surface area contributed by atoms with Gasteiger partial charge in [0.25, 0.3) is 0 Å². The number of thiophene rings is 1. The van der Waals surface area contributed by atoms with Crippen LogP contribution in [-0.2, 0) is 18.3 Å². The van der Waals surface area contributed by atoms with Gasteiger partial charge in [-0.25, -0.2) is 4.98 Å². The maximum absolute atomic E-state index is 12.0. The summed E-state index contributed by atoms with van der Waals surface area (Å²) in [6.45, 7) is 2.07. The lowest BCUT2D eigenvalue weighted by Crippen LogP contribution is -2.11. The molecule has 0 aromatic carbocycles. The zero-order valence-corrected chi connectivity index (χ0v) is 14.0. The number of hydrogen-bond donors (Lipinski definition) is 1. The fourth-order valence-corrected chi connectivity index (χ4v) is 3.69. The molecule has 0 spiro atoms. The van der Waals surface area contributed by atoms with Gasteiger partial charge in [0.15, 0.2) is 5.13 Å². The van der Waals surface area contributed by atoms with Crippen molar-refractivity contribution >= 4 is 33.7 Å². The molecule has 3 rings (SSSR count). The first kappa shape index (κ1) is 14.9. The Morgan fingerprint density at radius 2 is 2.27 bits per heavy atom. The molecule has 0 bridgehead atoms. The van der Waals surface area contributed by atoms with Crippen molar-refractivity contribution in [1.29, 1.82) is 0 Å². The minimum Gasteiger partial charge on any atom is -0.302 e. The highest BCUT2D eigenvalue weighted by molar-refractivity contribution is 7.17. The van der Waals surface area contributed by atoms with Gasteiger partial charge in [-0.15, -0.1) is 22.7 Å². The Morgan fingerprint density at radius 1 is 1.41 bits per heavy atom. The number of amides is 1. The van der Waals surface area contributed by atoms with Crippen LogP contribution in [-0.4, -0.2) is 20.7 Å². The van der Waals surface area contributed by atoms with Gasteiger partial charge in [-0.2, -0.15) is 5.10 Å². The molecule has 5 nitrogen and oxygen atoms in total. The van der Waals surface area contributed by atoms with Crippen molar-refractivity contribution in [3.05, 3.63) is 40.3 Å². The number of carbonyl (C=O) groups excluding carboxylic acids is 1. The third-order valence-electron chi connectivity index (χ3n) is 3.14. The first-order chi connectivity index (χ1) is 10.6. The van der Waals surface area contributed by atoms with E-state index >= 15 is 0 Å². The maximum atomic E-state index is 12.0. The maximum Gasteiger partial charge on any atom is 0.226 e. The van der Waals surface area contributed by atoms with Crippen LogP contribution in [0.4, 0.5) is 5.13 Å². The van der Waals surface area contributed by atoms with Crippen molar-refractivity contribution in [3.8, 4) is 10.6 Å². The highest BCUT2D eigenvalue weighted by Crippen LogP contribution is 2.30. The predicted octanol–water partition coefficient (Wildman–Crippen LogP) is 3.48. The van der Waals surface area contributed by atoms with E-state index in [2.05, 4.69) is 34.5 Å². The van der Waals surface area contributed by atoms with Crippen molar-refractivity contribution in [2.75, 3.05) is 5.32 Å². The van der Waals surface area contributed by atoms with Gasteiger partial charge in [-0.1, -0.05) is 0 Å². The zero-order chi connectivity index (χ0) is 15.5. The van der Waals surface area contributed by atoms with Crippen molar-refractivity contribution in [2.45, 2.75) is 19.8 Å². The molecule has 0 aliphatic heterocycles. The summed E-state index contributed by atoms with van der Waals surface area (Å²) in [5.74, 6) is -0.0212. The van der Waals surface area contributed by atoms with Crippen LogP contribution in [0.1, 0.15) is 16.9 Å². The summed E-state index contributed by atoms with van der Waals surface area (Å²) in [4.78, 5) is 18.8. The number of anilines is 1. The van der Waals surface area contributed by atoms with Gasteiger partial charge in [0.1, 0.15) is 0 Å². The van der Waals surface area contributed by atoms with Gasteiger partial charge in [0.2, 0.25) is 5.91 Å². The van der Waals surface area contributed by atoms with Gasteiger partial charge in [0, 0.05) is 29.9 Å². The number of nitrogens with one attached hydrogen (secondary N) is 1. The number of thiazole rings is 1. The van der Waals surface area contributed by atoms with Gasteiger partial charge >= 0.3 is 0 Å². The quantitative estimate of drug-likeness (QED) is 0.778. The molecule has 1 N–H and O–H groups in total. The molecule has 7 heteroatoms. The summed E-state index contributed by atoms with van der Waals surface area (Å²) in [6.07, 6.45) is 4.82. The standard InChI is InChI=1S/C15H16N4OS2/c1-10-3-5-13(22-10)12-9-21-15(17-12)18-14(20)6-4-11-7-16-19(2)8-11/h3,5,7-9H,4,6H2,1-2H3,(H,17,18,20). The second-order valence-electron chi connectivity index (χ2n) is 5.02. The van der Waals surface area contributed by atoms with Crippen LogP contribution in [0, 0.1) is 6.92 Å². The average Bonchev–Trinajstić information content (AvgIpc) is 3.18. The molecule has 3 aromatic heterocycles. The molecule has 3 heterocycles. The summed E-state index contributed by atoms with van der Waals surface area (Å²) in [5, 5.41) is 9.58. The van der Waals surface area contributed by atoms with Gasteiger partial charge in [0.05, 0.1) is 16.8 Å². The highest BCUT2D eigenvalue weighted by Gasteiger charge is 2.10. The van der Waals surface area contributed by atoms with Crippen LogP contribution in [0.3, 0.4) is 0 Å². The lowest BCUT2D eigenvalue weighted by Gasteiger charge is -2.00. The van der Waals surface area contributed by atoms with E-state index in [0.29, 0.717) is 18.0 Å². The van der Waals surface area contributed by atoms with Gasteiger partial charge in [-0.05, 0) is 31.0 Å². The normalized spacial score (nSPS) is 10.8. The van der Waals surface area contributed by atoms with Crippen LogP contribution in [0.25, 0.3) is 10.6 Å². The van der Waals surface area contributed by atoms with Crippen LogP contribution in [0.15, 0.2) is 29.9 Å². The van der Waals surface area contributed by atoms with E-state index in [4.69, 9.17) is 0 Å². The Morgan fingerprint density at radius 3 is 2.95 bits per heavy atom. The third kappa shape index (κ3) is 3.61. The molecule has 0 saturated carbocycles. The molecule has 22 heavy (non-hydrogen) atoms. The topological polar surface area (TPSA) is 59.8 Å². The van der Waals surface area contributed by atoms with E-state index in [1.165, 1.54) is 16.2 Å². The molecular weight excluding hydrogens is 316 g/mol. The lowest BCUT2D eigenvalue weighted by atomic mass is 10.2. The second kappa shape index (κ2) is 6.41. The predicted molar refractivity (Wildman–Crippen MR) is 90.3 cm³/mol. The molecule has 0 unspecified atom stereocenters. The van der Waals surface area contributed by atoms with Crippen molar-refractivity contribution in [3.63, 3.8) is 0 Å². The Labute approximate surface area is 136 Å². The van der Waals surface area contributed by atoms with E-state index in [-0.39, 0.29) is 5.91 Å². The second-order valence-corrected chi connectivity index (χ2v) is 7.16. The molecule has 0 aliphatic carbocycles. The minimum absolute atomic E-state index is 0.0212. The van der Waals surface area contributed by atoms with Crippen LogP contribution in [0.5, 0.6) is 0 Å². The van der Waals surface area contributed by atoms with E-state index in [9.17, 15) is 4.79 Å². The summed E-state index contributed by atoms with van der Waals surface area (Å²) in [6, 6.07) is 4.13. The fraction of sp³-hybridized carbons (Fsp3) is 0.267. The Hall–Kier alpha value is -1.99. The van der Waals surface area contributed by atoms with Crippen LogP contribution >= 0.6 is 22.7 Å². The summed E-state index contributed by atoms with van der Waals surface area (Å²) >= 11 is 3.16. The molecule has 1 amide bonds. The van der Waals surface area contributed by atoms with E-state index < -0.39 is 0 Å². The summed E-state index contributed by atoms with van der Waals surface area (Å²) in [5.41, 5.74) is 1.98. The Kier molecular flexibility index (Phi) is 4.35. The SMILES string of the molecule is Cc1ccc(-c2csc(NC(=O)CCc3cnn(C)c3)n2)s1. The van der Waals surface area contributed by atoms with Crippen LogP contribution in [0.2, 0.25) is 0 Å². The molecule has 114 valence electrons. The fourth-order valence-electron chi connectivity index (χ4n) is 2.06. The van der Waals surface area contributed by atoms with Gasteiger partial charge < -0.3 is 5.32 Å². The number of aryl methyl sites for hydroxylation is 3. The molecule has 0 fully saturated rings.